The molecule has 1 heterocycles. The molecule has 2 N–H and O–H groups in total. The van der Waals surface area contributed by atoms with Gasteiger partial charge in [0.25, 0.3) is 5.91 Å². The molecule has 2 rings (SSSR count). The zero-order chi connectivity index (χ0) is 17.9. The zero-order valence-corrected chi connectivity index (χ0v) is 14.1. The molecule has 1 aliphatic heterocycles. The number of carbonyl (C=O) groups excluding carboxylic acids is 2. The molecule has 1 saturated heterocycles. The van der Waals surface area contributed by atoms with Crippen LogP contribution in [0.1, 0.15) is 34.8 Å². The predicted octanol–water partition coefficient (Wildman–Crippen LogP) is 1.12. The van der Waals surface area contributed by atoms with Gasteiger partial charge in [-0.2, -0.15) is 0 Å². The molecule has 0 spiro atoms. The van der Waals surface area contributed by atoms with Gasteiger partial charge in [0, 0.05) is 18.7 Å². The van der Waals surface area contributed by atoms with Crippen LogP contribution in [0.5, 0.6) is 5.75 Å². The predicted molar refractivity (Wildman–Crippen MR) is 87.2 cm³/mol. The first-order valence-electron chi connectivity index (χ1n) is 7.89. The number of ether oxygens (including phenoxy) is 1. The Hall–Kier alpha value is -2.57. The molecule has 1 aromatic rings. The van der Waals surface area contributed by atoms with Crippen LogP contribution in [0.3, 0.4) is 0 Å². The van der Waals surface area contributed by atoms with E-state index in [1.54, 1.807) is 30.9 Å². The van der Waals surface area contributed by atoms with Crippen molar-refractivity contribution in [3.63, 3.8) is 0 Å². The first-order valence-corrected chi connectivity index (χ1v) is 7.89. The minimum absolute atomic E-state index is 0.132. The summed E-state index contributed by atoms with van der Waals surface area (Å²) in [5.74, 6) is -0.920. The van der Waals surface area contributed by atoms with E-state index in [9.17, 15) is 14.4 Å². The summed E-state index contributed by atoms with van der Waals surface area (Å²) in [6, 6.07) is 2.88. The Bertz CT molecular complexity index is 648. The zero-order valence-electron chi connectivity index (χ0n) is 14.1. The van der Waals surface area contributed by atoms with Gasteiger partial charge >= 0.3 is 5.97 Å². The summed E-state index contributed by atoms with van der Waals surface area (Å²) in [6.07, 6.45) is 0.551. The minimum atomic E-state index is -1.06. The third-order valence-electron chi connectivity index (χ3n) is 4.03. The number of carbonyl (C=O) groups is 3. The van der Waals surface area contributed by atoms with Crippen molar-refractivity contribution in [1.29, 1.82) is 0 Å². The van der Waals surface area contributed by atoms with Crippen LogP contribution in [0, 0.1) is 13.8 Å². The highest BCUT2D eigenvalue weighted by Crippen LogP contribution is 2.26. The van der Waals surface area contributed by atoms with Crippen molar-refractivity contribution in [3.05, 3.63) is 28.8 Å². The first kappa shape index (κ1) is 17.8. The molecule has 0 radical (unpaired) electrons. The molecule has 2 amide bonds. The van der Waals surface area contributed by atoms with E-state index in [4.69, 9.17) is 9.84 Å². The second kappa shape index (κ2) is 7.33. The smallest absolute Gasteiger partial charge is 0.341 e. The van der Waals surface area contributed by atoms with Gasteiger partial charge < -0.3 is 20.1 Å². The van der Waals surface area contributed by atoms with Crippen LogP contribution in [0.25, 0.3) is 0 Å². The molecule has 0 aromatic heterocycles. The van der Waals surface area contributed by atoms with E-state index < -0.39 is 18.6 Å². The molecule has 0 aliphatic carbocycles. The normalized spacial score (nSPS) is 17.4. The number of nitrogens with zero attached hydrogens (tertiary/aromatic N) is 1. The van der Waals surface area contributed by atoms with Gasteiger partial charge in [-0.3, -0.25) is 9.59 Å². The summed E-state index contributed by atoms with van der Waals surface area (Å²) in [5, 5.41) is 11.5. The van der Waals surface area contributed by atoms with Crippen LogP contribution >= 0.6 is 0 Å². The van der Waals surface area contributed by atoms with Crippen molar-refractivity contribution >= 4 is 17.8 Å². The molecule has 0 saturated carbocycles. The van der Waals surface area contributed by atoms with Crippen molar-refractivity contribution in [2.24, 2.45) is 0 Å². The summed E-state index contributed by atoms with van der Waals surface area (Å²) < 4.78 is 5.28. The Labute approximate surface area is 140 Å². The van der Waals surface area contributed by atoms with E-state index in [-0.39, 0.29) is 11.8 Å². The molecule has 130 valence electrons. The maximum Gasteiger partial charge on any atom is 0.341 e. The fourth-order valence-corrected chi connectivity index (χ4v) is 2.96. The number of piperazine rings is 1. The third-order valence-corrected chi connectivity index (χ3v) is 4.03. The fourth-order valence-electron chi connectivity index (χ4n) is 2.96. The molecular formula is C17H22N2O5. The van der Waals surface area contributed by atoms with Crippen LogP contribution in [0.4, 0.5) is 0 Å². The average Bonchev–Trinajstić information content (AvgIpc) is 2.52. The Kier molecular flexibility index (Phi) is 5.43. The lowest BCUT2D eigenvalue weighted by Crippen LogP contribution is -2.56. The van der Waals surface area contributed by atoms with Crippen molar-refractivity contribution in [2.75, 3.05) is 19.7 Å². The quantitative estimate of drug-likeness (QED) is 0.841. The summed E-state index contributed by atoms with van der Waals surface area (Å²) in [4.78, 5) is 37.0. The van der Waals surface area contributed by atoms with E-state index in [1.807, 2.05) is 6.92 Å². The molecule has 24 heavy (non-hydrogen) atoms. The molecule has 0 bridgehead atoms. The minimum Gasteiger partial charge on any atom is -0.481 e. The molecule has 1 fully saturated rings. The number of rotatable bonds is 5. The number of carboxylic acid groups (broad SMARTS) is 1. The maximum atomic E-state index is 12.8. The number of benzene rings is 1. The molecule has 1 unspecified atom stereocenters. The Balaban J connectivity index is 2.26. The maximum absolute atomic E-state index is 12.8. The van der Waals surface area contributed by atoms with Gasteiger partial charge in [0.05, 0.1) is 0 Å². The highest BCUT2D eigenvalue weighted by atomic mass is 16.5. The lowest BCUT2D eigenvalue weighted by atomic mass is 10.0. The average molecular weight is 334 g/mol. The standard InChI is InChI=1S/C17H22N2O5/c1-4-13-16(22)18-5-6-19(13)17(23)12-7-10(2)15(11(3)8-12)24-9-14(20)21/h7-8,13H,4-6,9H2,1-3H3,(H,18,22)(H,20,21). The lowest BCUT2D eigenvalue weighted by Gasteiger charge is -2.34. The highest BCUT2D eigenvalue weighted by Gasteiger charge is 2.32. The molecule has 1 aliphatic rings. The van der Waals surface area contributed by atoms with Gasteiger partial charge in [0.15, 0.2) is 6.61 Å². The van der Waals surface area contributed by atoms with E-state index in [0.29, 0.717) is 42.0 Å². The monoisotopic (exact) mass is 334 g/mol. The number of aliphatic carboxylic acids is 1. The number of carboxylic acids is 1. The van der Waals surface area contributed by atoms with Crippen LogP contribution in [-0.2, 0) is 9.59 Å². The van der Waals surface area contributed by atoms with Crippen molar-refractivity contribution in [3.8, 4) is 5.75 Å². The molecular weight excluding hydrogens is 312 g/mol. The van der Waals surface area contributed by atoms with Crippen LogP contribution in [-0.4, -0.2) is 53.5 Å². The number of nitrogens with one attached hydrogen (secondary N) is 1. The van der Waals surface area contributed by atoms with Gasteiger partial charge in [-0.15, -0.1) is 0 Å². The molecule has 1 aromatic carbocycles. The molecule has 7 heteroatoms. The topological polar surface area (TPSA) is 95.9 Å². The van der Waals surface area contributed by atoms with Gasteiger partial charge in [-0.25, -0.2) is 4.79 Å². The van der Waals surface area contributed by atoms with E-state index in [1.165, 1.54) is 0 Å². The molecule has 1 atom stereocenters. The Morgan fingerprint density at radius 1 is 1.33 bits per heavy atom. The Morgan fingerprint density at radius 2 is 1.96 bits per heavy atom. The van der Waals surface area contributed by atoms with Crippen molar-refractivity contribution < 1.29 is 24.2 Å². The van der Waals surface area contributed by atoms with Gasteiger partial charge in [-0.05, 0) is 43.5 Å². The van der Waals surface area contributed by atoms with Gasteiger partial charge in [0.2, 0.25) is 5.91 Å². The highest BCUT2D eigenvalue weighted by molar-refractivity contribution is 5.98. The number of hydrogen-bond donors (Lipinski definition) is 2. The third kappa shape index (κ3) is 3.67. The van der Waals surface area contributed by atoms with Crippen LogP contribution < -0.4 is 10.1 Å². The lowest BCUT2D eigenvalue weighted by molar-refractivity contribution is -0.139. The second-order valence-electron chi connectivity index (χ2n) is 5.84. The van der Waals surface area contributed by atoms with E-state index in [0.717, 1.165) is 0 Å². The van der Waals surface area contributed by atoms with Crippen molar-refractivity contribution in [2.45, 2.75) is 33.2 Å². The van der Waals surface area contributed by atoms with E-state index >= 15 is 0 Å². The Morgan fingerprint density at radius 3 is 2.50 bits per heavy atom. The van der Waals surface area contributed by atoms with Gasteiger partial charge in [-0.1, -0.05) is 6.92 Å². The molecule has 7 nitrogen and oxygen atoms in total. The second-order valence-corrected chi connectivity index (χ2v) is 5.84. The summed E-state index contributed by atoms with van der Waals surface area (Å²) in [6.45, 7) is 5.88. The summed E-state index contributed by atoms with van der Waals surface area (Å²) >= 11 is 0. The first-order chi connectivity index (χ1) is 11.3. The fraction of sp³-hybridized carbons (Fsp3) is 0.471. The SMILES string of the molecule is CCC1C(=O)NCCN1C(=O)c1cc(C)c(OCC(=O)O)c(C)c1. The number of aryl methyl sites for hydroxylation is 2. The summed E-state index contributed by atoms with van der Waals surface area (Å²) in [5.41, 5.74) is 1.85. The number of hydrogen-bond acceptors (Lipinski definition) is 4. The summed E-state index contributed by atoms with van der Waals surface area (Å²) in [7, 11) is 0. The van der Waals surface area contributed by atoms with Crippen molar-refractivity contribution in [1.82, 2.24) is 10.2 Å². The van der Waals surface area contributed by atoms with E-state index in [2.05, 4.69) is 5.32 Å². The van der Waals surface area contributed by atoms with Crippen LogP contribution in [0.15, 0.2) is 12.1 Å². The number of amides is 2. The van der Waals surface area contributed by atoms with Crippen LogP contribution in [0.2, 0.25) is 0 Å². The van der Waals surface area contributed by atoms with Gasteiger partial charge in [0.1, 0.15) is 11.8 Å². The largest absolute Gasteiger partial charge is 0.481 e.